The van der Waals surface area contributed by atoms with Crippen molar-refractivity contribution < 1.29 is 15.0 Å². The van der Waals surface area contributed by atoms with Crippen LogP contribution in [0.25, 0.3) is 11.6 Å². The minimum atomic E-state index is -0.865. The number of hydrogen-bond acceptors (Lipinski definition) is 2. The summed E-state index contributed by atoms with van der Waals surface area (Å²) in [6, 6.07) is 13.7. The van der Waals surface area contributed by atoms with Crippen LogP contribution in [-0.4, -0.2) is 16.2 Å². The summed E-state index contributed by atoms with van der Waals surface area (Å²) in [5.74, 6) is -0.577. The van der Waals surface area contributed by atoms with Crippen molar-refractivity contribution >= 4 is 17.6 Å². The maximum atomic E-state index is 11.3. The quantitative estimate of drug-likeness (QED) is 0.598. The molecule has 2 aromatic rings. The normalized spacial score (nSPS) is 14.8. The van der Waals surface area contributed by atoms with E-state index in [9.17, 15) is 15.0 Å². The Kier molecular flexibility index (Phi) is 6.35. The van der Waals surface area contributed by atoms with Crippen molar-refractivity contribution in [2.45, 2.75) is 52.4 Å². The number of aliphatic carboxylic acids is 1. The van der Waals surface area contributed by atoms with Crippen LogP contribution in [0.5, 0.6) is 5.75 Å². The number of phenols is 1. The van der Waals surface area contributed by atoms with Crippen LogP contribution in [-0.2, 0) is 4.79 Å². The molecule has 0 radical (unpaired) electrons. The van der Waals surface area contributed by atoms with Crippen LogP contribution in [0.3, 0.4) is 0 Å². The van der Waals surface area contributed by atoms with Crippen molar-refractivity contribution in [3.63, 3.8) is 0 Å². The van der Waals surface area contributed by atoms with Gasteiger partial charge >= 0.3 is 5.97 Å². The molecule has 0 spiro atoms. The van der Waals surface area contributed by atoms with Crippen molar-refractivity contribution in [3.8, 4) is 5.75 Å². The molecule has 0 saturated heterocycles. The van der Waals surface area contributed by atoms with Crippen LogP contribution in [0.2, 0.25) is 0 Å². The fourth-order valence-corrected chi connectivity index (χ4v) is 3.97. The van der Waals surface area contributed by atoms with E-state index in [1.165, 1.54) is 30.4 Å². The first-order chi connectivity index (χ1) is 13.5. The molecule has 1 aliphatic carbocycles. The predicted octanol–water partition coefficient (Wildman–Crippen LogP) is 6.34. The van der Waals surface area contributed by atoms with Gasteiger partial charge in [0.2, 0.25) is 0 Å². The summed E-state index contributed by atoms with van der Waals surface area (Å²) in [5.41, 5.74) is 7.43. The number of aromatic hydroxyl groups is 1. The second-order valence-corrected chi connectivity index (χ2v) is 7.49. The molecule has 3 rings (SSSR count). The summed E-state index contributed by atoms with van der Waals surface area (Å²) < 4.78 is 0. The minimum absolute atomic E-state index is 0.287. The molecule has 2 aromatic carbocycles. The van der Waals surface area contributed by atoms with Gasteiger partial charge in [-0.15, -0.1) is 0 Å². The molecule has 0 amide bonds. The summed E-state index contributed by atoms with van der Waals surface area (Å²) in [7, 11) is 0. The average Bonchev–Trinajstić information content (AvgIpc) is 2.69. The summed E-state index contributed by atoms with van der Waals surface area (Å²) in [6.07, 6.45) is 8.17. The number of aryl methyl sites for hydroxylation is 1. The Morgan fingerprint density at radius 3 is 2.29 bits per heavy atom. The Hall–Kier alpha value is -2.81. The highest BCUT2D eigenvalue weighted by Gasteiger charge is 2.17. The second-order valence-electron chi connectivity index (χ2n) is 7.49. The van der Waals surface area contributed by atoms with Crippen molar-refractivity contribution in [2.24, 2.45) is 0 Å². The van der Waals surface area contributed by atoms with Gasteiger partial charge in [0.1, 0.15) is 5.75 Å². The number of carbonyl (C=O) groups is 1. The second kappa shape index (κ2) is 8.92. The van der Waals surface area contributed by atoms with E-state index >= 15 is 0 Å². The summed E-state index contributed by atoms with van der Waals surface area (Å²) in [4.78, 5) is 11.3. The first-order valence-corrected chi connectivity index (χ1v) is 10.1. The third kappa shape index (κ3) is 4.53. The Bertz CT molecular complexity index is 909. The first kappa shape index (κ1) is 19.9. The Balaban J connectivity index is 2.05. The molecule has 0 atom stereocenters. The number of phenolic OH excluding ortho intramolecular Hbond substituents is 1. The molecule has 0 aliphatic heterocycles. The lowest BCUT2D eigenvalue weighted by Crippen LogP contribution is -2.02. The first-order valence-electron chi connectivity index (χ1n) is 10.1. The minimum Gasteiger partial charge on any atom is -0.508 e. The monoisotopic (exact) mass is 376 g/mol. The average molecular weight is 376 g/mol. The Labute approximate surface area is 167 Å². The lowest BCUT2D eigenvalue weighted by molar-refractivity contribution is -0.132. The van der Waals surface area contributed by atoms with Crippen molar-refractivity contribution in [3.05, 3.63) is 75.9 Å². The number of hydrogen-bond donors (Lipinski definition) is 2. The van der Waals surface area contributed by atoms with E-state index < -0.39 is 5.97 Å². The molecule has 0 aromatic heterocycles. The fraction of sp³-hybridized carbons (Fsp3) is 0.320. The van der Waals surface area contributed by atoms with Gasteiger partial charge in [-0.2, -0.15) is 0 Å². The van der Waals surface area contributed by atoms with E-state index in [0.29, 0.717) is 12.0 Å². The third-order valence-electron chi connectivity index (χ3n) is 5.49. The molecule has 1 saturated carbocycles. The molecule has 0 heterocycles. The highest BCUT2D eigenvalue weighted by atomic mass is 16.4. The maximum Gasteiger partial charge on any atom is 0.331 e. The van der Waals surface area contributed by atoms with Crippen molar-refractivity contribution in [2.75, 3.05) is 0 Å². The molecule has 3 heteroatoms. The molecule has 3 nitrogen and oxygen atoms in total. The largest absolute Gasteiger partial charge is 0.508 e. The van der Waals surface area contributed by atoms with Gasteiger partial charge in [0, 0.05) is 5.57 Å². The number of carboxylic acids is 1. The number of carboxylic acid groups (broad SMARTS) is 1. The highest BCUT2D eigenvalue weighted by molar-refractivity contribution is 5.92. The molecule has 1 fully saturated rings. The Morgan fingerprint density at radius 2 is 1.71 bits per heavy atom. The topological polar surface area (TPSA) is 57.5 Å². The predicted molar refractivity (Wildman–Crippen MR) is 114 cm³/mol. The van der Waals surface area contributed by atoms with Crippen LogP contribution >= 0.6 is 0 Å². The molecule has 0 bridgehead atoms. The zero-order valence-electron chi connectivity index (χ0n) is 16.7. The van der Waals surface area contributed by atoms with Gasteiger partial charge in [-0.3, -0.25) is 0 Å². The molecule has 1 aliphatic rings. The van der Waals surface area contributed by atoms with Gasteiger partial charge in [0.05, 0.1) is 0 Å². The molecular weight excluding hydrogens is 348 g/mol. The van der Waals surface area contributed by atoms with E-state index in [4.69, 9.17) is 0 Å². The number of rotatable bonds is 5. The lowest BCUT2D eigenvalue weighted by atomic mass is 9.83. The van der Waals surface area contributed by atoms with Gasteiger partial charge < -0.3 is 10.2 Å². The van der Waals surface area contributed by atoms with Crippen LogP contribution in [0, 0.1) is 6.92 Å². The summed E-state index contributed by atoms with van der Waals surface area (Å²) >= 11 is 0. The van der Waals surface area contributed by atoms with E-state index in [1.807, 2.05) is 38.1 Å². The molecular formula is C25H28O3. The van der Waals surface area contributed by atoms with Crippen LogP contribution in [0.4, 0.5) is 0 Å². The highest BCUT2D eigenvalue weighted by Crippen LogP contribution is 2.37. The van der Waals surface area contributed by atoms with Gasteiger partial charge in [0.15, 0.2) is 0 Å². The van der Waals surface area contributed by atoms with E-state index in [1.54, 1.807) is 12.1 Å². The SMILES string of the molecule is CCC(=Cc1ccc(C(=C2CCCCC2)c2ccc(O)cc2C)cc1)C(=O)O. The maximum absolute atomic E-state index is 11.3. The molecule has 146 valence electrons. The van der Waals surface area contributed by atoms with Gasteiger partial charge in [0.25, 0.3) is 0 Å². The molecule has 2 N–H and O–H groups in total. The van der Waals surface area contributed by atoms with E-state index in [-0.39, 0.29) is 5.75 Å². The van der Waals surface area contributed by atoms with Crippen molar-refractivity contribution in [1.82, 2.24) is 0 Å². The van der Waals surface area contributed by atoms with E-state index in [0.717, 1.165) is 35.1 Å². The molecule has 28 heavy (non-hydrogen) atoms. The number of allylic oxidation sites excluding steroid dienone is 1. The van der Waals surface area contributed by atoms with Gasteiger partial charge in [-0.05, 0) is 85.1 Å². The van der Waals surface area contributed by atoms with Crippen LogP contribution in [0.15, 0.2) is 53.6 Å². The fourth-order valence-electron chi connectivity index (χ4n) is 3.97. The van der Waals surface area contributed by atoms with Crippen LogP contribution in [0.1, 0.15) is 67.7 Å². The standard InChI is InChI=1S/C25H28O3/c1-3-19(25(27)28)16-18-9-11-21(12-10-18)24(20-7-5-4-6-8-20)23-14-13-22(26)15-17(23)2/h9-16,26H,3-8H2,1-2H3,(H,27,28). The lowest BCUT2D eigenvalue weighted by Gasteiger charge is -2.22. The number of benzene rings is 2. The van der Waals surface area contributed by atoms with Gasteiger partial charge in [-0.1, -0.05) is 49.2 Å². The van der Waals surface area contributed by atoms with Crippen molar-refractivity contribution in [1.29, 1.82) is 0 Å². The summed E-state index contributed by atoms with van der Waals surface area (Å²) in [6.45, 7) is 3.89. The smallest absolute Gasteiger partial charge is 0.331 e. The Morgan fingerprint density at radius 1 is 1.04 bits per heavy atom. The summed E-state index contributed by atoms with van der Waals surface area (Å²) in [5, 5.41) is 19.1. The molecule has 0 unspecified atom stereocenters. The zero-order chi connectivity index (χ0) is 20.1. The van der Waals surface area contributed by atoms with Crippen LogP contribution < -0.4 is 0 Å². The third-order valence-corrected chi connectivity index (χ3v) is 5.49. The van der Waals surface area contributed by atoms with E-state index in [2.05, 4.69) is 12.1 Å². The van der Waals surface area contributed by atoms with Gasteiger partial charge in [-0.25, -0.2) is 4.79 Å². The zero-order valence-corrected chi connectivity index (χ0v) is 16.7.